The Labute approximate surface area is 99.1 Å². The van der Waals surface area contributed by atoms with Gasteiger partial charge in [-0.15, -0.1) is 0 Å². The van der Waals surface area contributed by atoms with Crippen LogP contribution in [0.1, 0.15) is 0 Å². The van der Waals surface area contributed by atoms with E-state index >= 15 is 0 Å². The molecular weight excluding hydrogens is 310 g/mol. The van der Waals surface area contributed by atoms with Crippen LogP contribution in [0.4, 0.5) is 4.79 Å². The van der Waals surface area contributed by atoms with E-state index in [1.165, 1.54) is 16.9 Å². The average Bonchev–Trinajstić information content (AvgIpc) is 1.99. The third-order valence-corrected chi connectivity index (χ3v) is 2.35. The van der Waals surface area contributed by atoms with Crippen molar-refractivity contribution >= 4 is 41.9 Å². The van der Waals surface area contributed by atoms with Gasteiger partial charge in [0, 0.05) is 15.2 Å². The first-order chi connectivity index (χ1) is 6.87. The van der Waals surface area contributed by atoms with E-state index in [1.807, 2.05) is 0 Å². The zero-order valence-electron chi connectivity index (χ0n) is 7.11. The number of nitrogens with one attached hydrogen (secondary N) is 1. The number of carbonyl (C=O) groups excluding carboxylic acids is 1. The second kappa shape index (κ2) is 4.82. The van der Waals surface area contributed by atoms with Gasteiger partial charge >= 0.3 is 15.3 Å². The third-order valence-electron chi connectivity index (χ3n) is 1.21. The number of halogens is 2. The highest BCUT2D eigenvalue weighted by Crippen LogP contribution is 2.17. The van der Waals surface area contributed by atoms with E-state index in [9.17, 15) is 13.2 Å². The molecule has 0 aromatic heterocycles. The molecule has 0 fully saturated rings. The lowest BCUT2D eigenvalue weighted by Gasteiger charge is -2.03. The topological polar surface area (TPSA) is 72.5 Å². The Bertz CT molecular complexity index is 476. The molecule has 0 spiro atoms. The maximum atomic E-state index is 10.9. The lowest BCUT2D eigenvalue weighted by molar-refractivity contribution is 0.207. The zero-order chi connectivity index (χ0) is 11.5. The molecule has 0 unspecified atom stereocenters. The third kappa shape index (κ3) is 5.01. The number of carbonyl (C=O) groups is 1. The highest BCUT2D eigenvalue weighted by molar-refractivity contribution is 9.10. The molecule has 8 heteroatoms. The van der Waals surface area contributed by atoms with Crippen LogP contribution in [0.2, 0.25) is 0 Å². The molecule has 1 aromatic carbocycles. The highest BCUT2D eigenvalue weighted by atomic mass is 79.9. The van der Waals surface area contributed by atoms with Crippen LogP contribution in [-0.4, -0.2) is 14.5 Å². The number of rotatable bonds is 2. The summed E-state index contributed by atoms with van der Waals surface area (Å²) in [5, 5.41) is 0. The van der Waals surface area contributed by atoms with Gasteiger partial charge in [0.15, 0.2) is 0 Å². The Morgan fingerprint density at radius 3 is 2.67 bits per heavy atom. The van der Waals surface area contributed by atoms with Crippen LogP contribution in [0, 0.1) is 0 Å². The van der Waals surface area contributed by atoms with E-state index in [1.54, 1.807) is 12.1 Å². The smallest absolute Gasteiger partial charge is 0.410 e. The molecule has 15 heavy (non-hydrogen) atoms. The monoisotopic (exact) mass is 313 g/mol. The molecule has 5 nitrogen and oxygen atoms in total. The standard InChI is InChI=1S/C7H5BrClNO4S/c8-5-2-1-3-6(4-5)14-7(11)10-15(9,12)13/h1-4H,(H,10,11). The minimum atomic E-state index is -4.12. The molecular formula is C7H5BrClNO4S. The quantitative estimate of drug-likeness (QED) is 0.848. The summed E-state index contributed by atoms with van der Waals surface area (Å²) in [6, 6.07) is 6.34. The Balaban J connectivity index is 2.67. The summed E-state index contributed by atoms with van der Waals surface area (Å²) in [5.74, 6) is 0.196. The Hall–Kier alpha value is -0.790. The molecule has 0 saturated carbocycles. The summed E-state index contributed by atoms with van der Waals surface area (Å²) in [6.45, 7) is 0. The first-order valence-corrected chi connectivity index (χ1v) is 6.67. The van der Waals surface area contributed by atoms with Crippen molar-refractivity contribution < 1.29 is 17.9 Å². The number of benzene rings is 1. The van der Waals surface area contributed by atoms with Crippen molar-refractivity contribution in [1.82, 2.24) is 4.72 Å². The van der Waals surface area contributed by atoms with Gasteiger partial charge in [-0.25, -0.2) is 9.52 Å². The summed E-state index contributed by atoms with van der Waals surface area (Å²) in [7, 11) is 0.659. The number of ether oxygens (including phenoxy) is 1. The zero-order valence-corrected chi connectivity index (χ0v) is 10.3. The van der Waals surface area contributed by atoms with Gasteiger partial charge < -0.3 is 4.74 Å². The predicted octanol–water partition coefficient (Wildman–Crippen LogP) is 2.02. The largest absolute Gasteiger partial charge is 0.427 e. The lowest BCUT2D eigenvalue weighted by Crippen LogP contribution is -2.29. The van der Waals surface area contributed by atoms with Gasteiger partial charge in [0.05, 0.1) is 0 Å². The van der Waals surface area contributed by atoms with Gasteiger partial charge in [-0.3, -0.25) is 0 Å². The molecule has 0 aliphatic heterocycles. The Morgan fingerprint density at radius 2 is 2.13 bits per heavy atom. The second-order valence-corrected chi connectivity index (χ2v) is 5.60. The molecule has 0 atom stereocenters. The fourth-order valence-electron chi connectivity index (χ4n) is 0.758. The minimum absolute atomic E-state index is 0.196. The fraction of sp³-hybridized carbons (Fsp3) is 0. The van der Waals surface area contributed by atoms with Crippen molar-refractivity contribution in [2.75, 3.05) is 0 Å². The van der Waals surface area contributed by atoms with E-state index in [-0.39, 0.29) is 5.75 Å². The average molecular weight is 315 g/mol. The van der Waals surface area contributed by atoms with E-state index < -0.39 is 15.3 Å². The summed E-state index contributed by atoms with van der Waals surface area (Å²) in [5.41, 5.74) is 0. The van der Waals surface area contributed by atoms with Crippen LogP contribution in [0.3, 0.4) is 0 Å². The maximum absolute atomic E-state index is 10.9. The molecule has 1 N–H and O–H groups in total. The molecule has 0 aliphatic rings. The van der Waals surface area contributed by atoms with Crippen molar-refractivity contribution in [3.8, 4) is 5.75 Å². The first-order valence-electron chi connectivity index (χ1n) is 3.56. The van der Waals surface area contributed by atoms with Crippen LogP contribution in [-0.2, 0) is 9.24 Å². The summed E-state index contributed by atoms with van der Waals surface area (Å²) in [6.07, 6.45) is -1.16. The van der Waals surface area contributed by atoms with Gasteiger partial charge in [0.1, 0.15) is 5.75 Å². The van der Waals surface area contributed by atoms with Crippen LogP contribution in [0.15, 0.2) is 28.7 Å². The maximum Gasteiger partial charge on any atom is 0.427 e. The fourth-order valence-corrected chi connectivity index (χ4v) is 1.57. The lowest BCUT2D eigenvalue weighted by atomic mass is 10.3. The SMILES string of the molecule is O=C(NS(=O)(=O)Cl)Oc1cccc(Br)c1. The van der Waals surface area contributed by atoms with Crippen LogP contribution < -0.4 is 9.46 Å². The summed E-state index contributed by atoms with van der Waals surface area (Å²) in [4.78, 5) is 10.9. The second-order valence-electron chi connectivity index (χ2n) is 2.39. The summed E-state index contributed by atoms with van der Waals surface area (Å²) >= 11 is 3.16. The molecule has 0 bridgehead atoms. The van der Waals surface area contributed by atoms with Gasteiger partial charge in [-0.05, 0) is 18.2 Å². The number of hydrogen-bond acceptors (Lipinski definition) is 4. The summed E-state index contributed by atoms with van der Waals surface area (Å²) < 4.78 is 27.7. The van der Waals surface area contributed by atoms with Crippen molar-refractivity contribution in [1.29, 1.82) is 0 Å². The van der Waals surface area contributed by atoms with Crippen LogP contribution >= 0.6 is 26.6 Å². The molecule has 1 rings (SSSR count). The first kappa shape index (κ1) is 12.3. The van der Waals surface area contributed by atoms with Crippen LogP contribution in [0.25, 0.3) is 0 Å². The predicted molar refractivity (Wildman–Crippen MR) is 58.1 cm³/mol. The van der Waals surface area contributed by atoms with Gasteiger partial charge in [-0.2, -0.15) is 8.42 Å². The highest BCUT2D eigenvalue weighted by Gasteiger charge is 2.12. The normalized spacial score (nSPS) is 10.8. The van der Waals surface area contributed by atoms with Crippen LogP contribution in [0.5, 0.6) is 5.75 Å². The van der Waals surface area contributed by atoms with Crippen molar-refractivity contribution in [3.63, 3.8) is 0 Å². The molecule has 0 heterocycles. The van der Waals surface area contributed by atoms with E-state index in [0.29, 0.717) is 4.47 Å². The van der Waals surface area contributed by atoms with Crippen molar-refractivity contribution in [2.45, 2.75) is 0 Å². The molecule has 0 aliphatic carbocycles. The Morgan fingerprint density at radius 1 is 1.47 bits per heavy atom. The molecule has 1 amide bonds. The van der Waals surface area contributed by atoms with E-state index in [2.05, 4.69) is 20.7 Å². The van der Waals surface area contributed by atoms with Crippen molar-refractivity contribution in [2.24, 2.45) is 0 Å². The molecule has 0 saturated heterocycles. The number of hydrogen-bond donors (Lipinski definition) is 1. The Kier molecular flexibility index (Phi) is 3.95. The molecule has 0 radical (unpaired) electrons. The van der Waals surface area contributed by atoms with Gasteiger partial charge in [0.25, 0.3) is 0 Å². The molecule has 1 aromatic rings. The van der Waals surface area contributed by atoms with Gasteiger partial charge in [0.2, 0.25) is 0 Å². The molecule has 82 valence electrons. The van der Waals surface area contributed by atoms with E-state index in [4.69, 9.17) is 10.7 Å². The minimum Gasteiger partial charge on any atom is -0.410 e. The van der Waals surface area contributed by atoms with E-state index in [0.717, 1.165) is 0 Å². The van der Waals surface area contributed by atoms with Gasteiger partial charge in [-0.1, -0.05) is 22.0 Å². The van der Waals surface area contributed by atoms with Crippen molar-refractivity contribution in [3.05, 3.63) is 28.7 Å². The number of amides is 1.